The number of hydrogen-bond acceptors (Lipinski definition) is 3. The predicted molar refractivity (Wildman–Crippen MR) is 74.2 cm³/mol. The summed E-state index contributed by atoms with van der Waals surface area (Å²) in [5.41, 5.74) is 2.19. The summed E-state index contributed by atoms with van der Waals surface area (Å²) in [6.45, 7) is 2.05. The molecule has 0 aliphatic carbocycles. The van der Waals surface area contributed by atoms with Gasteiger partial charge in [0, 0.05) is 6.42 Å². The summed E-state index contributed by atoms with van der Waals surface area (Å²) in [5, 5.41) is 7.28. The number of halogens is 3. The molecule has 0 spiro atoms. The molecule has 0 fully saturated rings. The quantitative estimate of drug-likeness (QED) is 0.891. The second kappa shape index (κ2) is 6.59. The van der Waals surface area contributed by atoms with Crippen molar-refractivity contribution in [3.8, 4) is 0 Å². The fourth-order valence-corrected chi connectivity index (χ4v) is 1.83. The predicted octanol–water partition coefficient (Wildman–Crippen LogP) is 2.96. The maximum atomic E-state index is 12.3. The lowest BCUT2D eigenvalue weighted by molar-refractivity contribution is -0.144. The molecule has 5 nitrogen and oxygen atoms in total. The van der Waals surface area contributed by atoms with Crippen LogP contribution < -0.4 is 5.32 Å². The first kappa shape index (κ1) is 16.0. The molecule has 118 valence electrons. The Kier molecular flexibility index (Phi) is 4.79. The number of rotatable bonds is 5. The molecule has 0 bridgehead atoms. The lowest BCUT2D eigenvalue weighted by Gasteiger charge is -2.03. The summed E-state index contributed by atoms with van der Waals surface area (Å²) < 4.78 is 37.0. The van der Waals surface area contributed by atoms with Crippen LogP contribution in [0.4, 0.5) is 19.1 Å². The largest absolute Gasteiger partial charge is 0.451 e. The minimum atomic E-state index is -4.61. The third kappa shape index (κ3) is 4.31. The standard InChI is InChI=1S/C14H15F3N4O/c1-2-9-3-5-10(6-4-9)7-8-11(22)18-13-19-12(20-21-13)14(15,16)17/h3-6H,2,7-8H2,1H3,(H2,18,19,20,21,22). The molecule has 0 saturated carbocycles. The Morgan fingerprint density at radius 2 is 1.86 bits per heavy atom. The van der Waals surface area contributed by atoms with Crippen LogP contribution in [0, 0.1) is 0 Å². The zero-order chi connectivity index (χ0) is 16.2. The van der Waals surface area contributed by atoms with Crippen molar-refractivity contribution in [2.24, 2.45) is 0 Å². The van der Waals surface area contributed by atoms with E-state index in [0.717, 1.165) is 12.0 Å². The number of H-pyrrole nitrogens is 1. The van der Waals surface area contributed by atoms with E-state index in [1.165, 1.54) is 5.56 Å². The van der Waals surface area contributed by atoms with Gasteiger partial charge in [-0.05, 0) is 24.0 Å². The van der Waals surface area contributed by atoms with Gasteiger partial charge in [-0.15, -0.1) is 5.10 Å². The maximum absolute atomic E-state index is 12.3. The van der Waals surface area contributed by atoms with Crippen molar-refractivity contribution < 1.29 is 18.0 Å². The number of nitrogens with zero attached hydrogens (tertiary/aromatic N) is 2. The second-order valence-corrected chi connectivity index (χ2v) is 4.72. The molecule has 1 aromatic carbocycles. The minimum Gasteiger partial charge on any atom is -0.293 e. The first-order valence-corrected chi connectivity index (χ1v) is 6.75. The number of benzene rings is 1. The van der Waals surface area contributed by atoms with Gasteiger partial charge >= 0.3 is 6.18 Å². The average molecular weight is 312 g/mol. The number of nitrogens with one attached hydrogen (secondary N) is 2. The highest BCUT2D eigenvalue weighted by molar-refractivity contribution is 5.89. The summed E-state index contributed by atoms with van der Waals surface area (Å²) in [5.74, 6) is -2.05. The van der Waals surface area contributed by atoms with Gasteiger partial charge in [-0.2, -0.15) is 18.2 Å². The van der Waals surface area contributed by atoms with Gasteiger partial charge in [-0.3, -0.25) is 15.2 Å². The third-order valence-corrected chi connectivity index (χ3v) is 3.08. The number of amides is 1. The van der Waals surface area contributed by atoms with E-state index >= 15 is 0 Å². The Hall–Kier alpha value is -2.38. The molecule has 0 radical (unpaired) electrons. The molecule has 2 aromatic rings. The van der Waals surface area contributed by atoms with E-state index in [0.29, 0.717) is 6.42 Å². The molecule has 0 saturated heterocycles. The normalized spacial score (nSPS) is 11.5. The van der Waals surface area contributed by atoms with Crippen molar-refractivity contribution in [3.05, 3.63) is 41.2 Å². The molecular formula is C14H15F3N4O. The second-order valence-electron chi connectivity index (χ2n) is 4.72. The van der Waals surface area contributed by atoms with Gasteiger partial charge in [-0.1, -0.05) is 31.2 Å². The number of carbonyl (C=O) groups excluding carboxylic acids is 1. The van der Waals surface area contributed by atoms with Gasteiger partial charge in [0.1, 0.15) is 0 Å². The van der Waals surface area contributed by atoms with Gasteiger partial charge in [-0.25, -0.2) is 0 Å². The van der Waals surface area contributed by atoms with Gasteiger partial charge in [0.25, 0.3) is 0 Å². The van der Waals surface area contributed by atoms with Gasteiger partial charge in [0.2, 0.25) is 17.7 Å². The van der Waals surface area contributed by atoms with E-state index in [4.69, 9.17) is 0 Å². The zero-order valence-electron chi connectivity index (χ0n) is 11.9. The third-order valence-electron chi connectivity index (χ3n) is 3.08. The van der Waals surface area contributed by atoms with E-state index in [-0.39, 0.29) is 12.4 Å². The Balaban J connectivity index is 1.86. The number of hydrogen-bond donors (Lipinski definition) is 2. The van der Waals surface area contributed by atoms with Crippen LogP contribution in [0.2, 0.25) is 0 Å². The van der Waals surface area contributed by atoms with E-state index in [1.54, 1.807) is 5.10 Å². The van der Waals surface area contributed by atoms with Crippen molar-refractivity contribution in [1.82, 2.24) is 15.2 Å². The SMILES string of the molecule is CCc1ccc(CCC(=O)Nc2n[nH]c(C(F)(F)F)n2)cc1. The summed E-state index contributed by atoms with van der Waals surface area (Å²) in [7, 11) is 0. The Bertz CT molecular complexity index is 634. The van der Waals surface area contributed by atoms with Crippen LogP contribution in [0.1, 0.15) is 30.3 Å². The monoisotopic (exact) mass is 312 g/mol. The number of aromatic amines is 1. The molecule has 1 amide bonds. The van der Waals surface area contributed by atoms with Crippen molar-refractivity contribution in [2.45, 2.75) is 32.4 Å². The first-order chi connectivity index (χ1) is 10.4. The van der Waals surface area contributed by atoms with Gasteiger partial charge in [0.15, 0.2) is 0 Å². The van der Waals surface area contributed by atoms with Crippen molar-refractivity contribution in [1.29, 1.82) is 0 Å². The van der Waals surface area contributed by atoms with Gasteiger partial charge < -0.3 is 0 Å². The number of anilines is 1. The molecule has 1 heterocycles. The van der Waals surface area contributed by atoms with E-state index in [1.807, 2.05) is 24.3 Å². The lowest BCUT2D eigenvalue weighted by atomic mass is 10.1. The van der Waals surface area contributed by atoms with E-state index < -0.39 is 17.9 Å². The highest BCUT2D eigenvalue weighted by atomic mass is 19.4. The Morgan fingerprint density at radius 1 is 1.23 bits per heavy atom. The molecule has 8 heteroatoms. The van der Waals surface area contributed by atoms with Crippen LogP contribution >= 0.6 is 0 Å². The van der Waals surface area contributed by atoms with Crippen LogP contribution in [0.5, 0.6) is 0 Å². The fourth-order valence-electron chi connectivity index (χ4n) is 1.83. The Labute approximate surface area is 125 Å². The van der Waals surface area contributed by atoms with E-state index in [9.17, 15) is 18.0 Å². The van der Waals surface area contributed by atoms with Crippen LogP contribution in [0.25, 0.3) is 0 Å². The number of carbonyl (C=O) groups is 1. The van der Waals surface area contributed by atoms with Crippen molar-refractivity contribution >= 4 is 11.9 Å². The van der Waals surface area contributed by atoms with Crippen LogP contribution in [-0.4, -0.2) is 21.1 Å². The maximum Gasteiger partial charge on any atom is 0.451 e. The summed E-state index contributed by atoms with van der Waals surface area (Å²) >= 11 is 0. The topological polar surface area (TPSA) is 70.7 Å². The average Bonchev–Trinajstić information content (AvgIpc) is 2.94. The van der Waals surface area contributed by atoms with Crippen LogP contribution in [0.3, 0.4) is 0 Å². The van der Waals surface area contributed by atoms with Crippen LogP contribution in [0.15, 0.2) is 24.3 Å². The molecule has 22 heavy (non-hydrogen) atoms. The highest BCUT2D eigenvalue weighted by Gasteiger charge is 2.35. The number of alkyl halides is 3. The number of aromatic nitrogens is 3. The molecule has 1 aromatic heterocycles. The van der Waals surface area contributed by atoms with E-state index in [2.05, 4.69) is 22.3 Å². The number of aryl methyl sites for hydroxylation is 2. The molecule has 2 rings (SSSR count). The highest BCUT2D eigenvalue weighted by Crippen LogP contribution is 2.26. The molecular weight excluding hydrogens is 297 g/mol. The van der Waals surface area contributed by atoms with Crippen molar-refractivity contribution in [2.75, 3.05) is 5.32 Å². The summed E-state index contributed by atoms with van der Waals surface area (Å²) in [4.78, 5) is 14.9. The van der Waals surface area contributed by atoms with Crippen molar-refractivity contribution in [3.63, 3.8) is 0 Å². The first-order valence-electron chi connectivity index (χ1n) is 6.75. The lowest BCUT2D eigenvalue weighted by Crippen LogP contribution is -2.14. The molecule has 0 unspecified atom stereocenters. The minimum absolute atomic E-state index is 0.140. The molecule has 0 aliphatic heterocycles. The fraction of sp³-hybridized carbons (Fsp3) is 0.357. The summed E-state index contributed by atoms with van der Waals surface area (Å²) in [6, 6.07) is 7.83. The molecule has 2 N–H and O–H groups in total. The van der Waals surface area contributed by atoms with Gasteiger partial charge in [0.05, 0.1) is 0 Å². The smallest absolute Gasteiger partial charge is 0.293 e. The molecule has 0 aliphatic rings. The Morgan fingerprint density at radius 3 is 2.41 bits per heavy atom. The molecule has 0 atom stereocenters. The summed E-state index contributed by atoms with van der Waals surface area (Å²) in [6.07, 6.45) is -3.04. The zero-order valence-corrected chi connectivity index (χ0v) is 11.9. The van der Waals surface area contributed by atoms with Crippen LogP contribution in [-0.2, 0) is 23.8 Å².